The maximum Gasteiger partial charge on any atom is 0.240 e. The van der Waals surface area contributed by atoms with E-state index in [9.17, 15) is 4.79 Å². The molecule has 0 bridgehead atoms. The number of amides is 1. The van der Waals surface area contributed by atoms with Crippen LogP contribution in [0.25, 0.3) is 0 Å². The van der Waals surface area contributed by atoms with Crippen molar-refractivity contribution in [1.82, 2.24) is 5.32 Å². The topological polar surface area (TPSA) is 55.1 Å². The quantitative estimate of drug-likeness (QED) is 0.889. The molecule has 17 heavy (non-hydrogen) atoms. The minimum absolute atomic E-state index is 0.101. The lowest BCUT2D eigenvalue weighted by molar-refractivity contribution is -0.123. The monoisotopic (exact) mass is 272 g/mol. The lowest BCUT2D eigenvalue weighted by Gasteiger charge is -2.17. The summed E-state index contributed by atoms with van der Waals surface area (Å²) in [5.74, 6) is -0.101. The maximum atomic E-state index is 11.8. The van der Waals surface area contributed by atoms with Gasteiger partial charge in [0.15, 0.2) is 0 Å². The van der Waals surface area contributed by atoms with E-state index in [2.05, 4.69) is 5.32 Å². The molecule has 1 fully saturated rings. The molecule has 3 nitrogen and oxygen atoms in total. The Labute approximate surface area is 110 Å². The van der Waals surface area contributed by atoms with Crippen LogP contribution in [0.1, 0.15) is 31.4 Å². The van der Waals surface area contributed by atoms with E-state index in [-0.39, 0.29) is 11.9 Å². The molecular weight excluding hydrogens is 259 g/mol. The standard InChI is InChI=1S/C12H14Cl2N2O/c1-7(16-11(17)12(15)4-5-12)8-2-3-9(13)10(14)6-8/h2-3,6-7H,4-5,15H2,1H3,(H,16,17). The largest absolute Gasteiger partial charge is 0.348 e. The summed E-state index contributed by atoms with van der Waals surface area (Å²) in [5.41, 5.74) is 6.08. The van der Waals surface area contributed by atoms with E-state index in [0.717, 1.165) is 18.4 Å². The Hall–Kier alpha value is -0.770. The van der Waals surface area contributed by atoms with E-state index in [1.807, 2.05) is 13.0 Å². The van der Waals surface area contributed by atoms with Gasteiger partial charge in [-0.15, -0.1) is 0 Å². The van der Waals surface area contributed by atoms with Crippen LogP contribution in [0.5, 0.6) is 0 Å². The average Bonchev–Trinajstić information content (AvgIpc) is 3.02. The first-order chi connectivity index (χ1) is 7.92. The second-order valence-corrected chi connectivity index (χ2v) is 5.34. The van der Waals surface area contributed by atoms with Crippen molar-refractivity contribution in [3.05, 3.63) is 33.8 Å². The fraction of sp³-hybridized carbons (Fsp3) is 0.417. The molecule has 2 rings (SSSR count). The molecular formula is C12H14Cl2N2O. The van der Waals surface area contributed by atoms with Gasteiger partial charge in [0, 0.05) is 0 Å². The zero-order valence-corrected chi connectivity index (χ0v) is 11.0. The number of nitrogens with two attached hydrogens (primary N) is 1. The van der Waals surface area contributed by atoms with E-state index in [0.29, 0.717) is 10.0 Å². The first-order valence-electron chi connectivity index (χ1n) is 5.47. The van der Waals surface area contributed by atoms with E-state index in [4.69, 9.17) is 28.9 Å². The van der Waals surface area contributed by atoms with Gasteiger partial charge in [-0.3, -0.25) is 4.79 Å². The third-order valence-electron chi connectivity index (χ3n) is 3.03. The summed E-state index contributed by atoms with van der Waals surface area (Å²) in [6.45, 7) is 1.89. The Morgan fingerprint density at radius 3 is 2.59 bits per heavy atom. The smallest absolute Gasteiger partial charge is 0.240 e. The SMILES string of the molecule is CC(NC(=O)C1(N)CC1)c1ccc(Cl)c(Cl)c1. The molecule has 92 valence electrons. The predicted octanol–water partition coefficient (Wildman–Crippen LogP) is 2.66. The molecule has 1 amide bonds. The fourth-order valence-electron chi connectivity index (χ4n) is 1.57. The average molecular weight is 273 g/mol. The lowest BCUT2D eigenvalue weighted by Crippen LogP contribution is -2.43. The Bertz CT molecular complexity index is 458. The number of nitrogens with one attached hydrogen (secondary N) is 1. The van der Waals surface area contributed by atoms with Crippen molar-refractivity contribution in [3.8, 4) is 0 Å². The molecule has 5 heteroatoms. The fourth-order valence-corrected chi connectivity index (χ4v) is 1.87. The highest BCUT2D eigenvalue weighted by molar-refractivity contribution is 6.42. The molecule has 0 spiro atoms. The van der Waals surface area contributed by atoms with Crippen molar-refractivity contribution in [2.45, 2.75) is 31.3 Å². The van der Waals surface area contributed by atoms with Gasteiger partial charge < -0.3 is 11.1 Å². The molecule has 1 atom stereocenters. The first kappa shape index (κ1) is 12.7. The zero-order valence-electron chi connectivity index (χ0n) is 9.47. The summed E-state index contributed by atoms with van der Waals surface area (Å²) >= 11 is 11.8. The van der Waals surface area contributed by atoms with Crippen molar-refractivity contribution in [2.75, 3.05) is 0 Å². The van der Waals surface area contributed by atoms with Crippen LogP contribution in [0, 0.1) is 0 Å². The third-order valence-corrected chi connectivity index (χ3v) is 3.77. The molecule has 1 aliphatic carbocycles. The van der Waals surface area contributed by atoms with Crippen LogP contribution in [0.3, 0.4) is 0 Å². The van der Waals surface area contributed by atoms with Gasteiger partial charge in [0.25, 0.3) is 0 Å². The summed E-state index contributed by atoms with van der Waals surface area (Å²) in [5, 5.41) is 3.87. The Morgan fingerprint density at radius 1 is 1.41 bits per heavy atom. The van der Waals surface area contributed by atoms with Gasteiger partial charge in [-0.2, -0.15) is 0 Å². The maximum absolute atomic E-state index is 11.8. The minimum Gasteiger partial charge on any atom is -0.348 e. The molecule has 0 aliphatic heterocycles. The van der Waals surface area contributed by atoms with Crippen LogP contribution in [0.15, 0.2) is 18.2 Å². The summed E-state index contributed by atoms with van der Waals surface area (Å²) in [7, 11) is 0. The number of hydrogen-bond acceptors (Lipinski definition) is 2. The molecule has 0 saturated heterocycles. The van der Waals surface area contributed by atoms with Crippen LogP contribution in [-0.4, -0.2) is 11.4 Å². The van der Waals surface area contributed by atoms with E-state index in [1.165, 1.54) is 0 Å². The highest BCUT2D eigenvalue weighted by atomic mass is 35.5. The molecule has 1 saturated carbocycles. The highest BCUT2D eigenvalue weighted by Crippen LogP contribution is 2.33. The normalized spacial score (nSPS) is 18.6. The number of carbonyl (C=O) groups excluding carboxylic acids is 1. The summed E-state index contributed by atoms with van der Waals surface area (Å²) in [6.07, 6.45) is 1.51. The number of rotatable bonds is 3. The highest BCUT2D eigenvalue weighted by Gasteiger charge is 2.46. The van der Waals surface area contributed by atoms with E-state index in [1.54, 1.807) is 12.1 Å². The molecule has 0 radical (unpaired) electrons. The molecule has 1 unspecified atom stereocenters. The Morgan fingerprint density at radius 2 is 2.06 bits per heavy atom. The van der Waals surface area contributed by atoms with Crippen LogP contribution in [0.2, 0.25) is 10.0 Å². The van der Waals surface area contributed by atoms with Crippen molar-refractivity contribution in [3.63, 3.8) is 0 Å². The van der Waals surface area contributed by atoms with Gasteiger partial charge in [-0.05, 0) is 37.5 Å². The molecule has 0 aromatic heterocycles. The summed E-state index contributed by atoms with van der Waals surface area (Å²) in [4.78, 5) is 11.8. The molecule has 1 aromatic rings. The second-order valence-electron chi connectivity index (χ2n) is 4.52. The zero-order chi connectivity index (χ0) is 12.6. The predicted molar refractivity (Wildman–Crippen MR) is 69.2 cm³/mol. The van der Waals surface area contributed by atoms with Gasteiger partial charge >= 0.3 is 0 Å². The third kappa shape index (κ3) is 2.73. The molecule has 1 aliphatic rings. The van der Waals surface area contributed by atoms with Gasteiger partial charge in [0.2, 0.25) is 5.91 Å². The van der Waals surface area contributed by atoms with Gasteiger partial charge in [-0.1, -0.05) is 29.3 Å². The van der Waals surface area contributed by atoms with Gasteiger partial charge in [-0.25, -0.2) is 0 Å². The first-order valence-corrected chi connectivity index (χ1v) is 6.23. The van der Waals surface area contributed by atoms with Gasteiger partial charge in [0.1, 0.15) is 0 Å². The summed E-state index contributed by atoms with van der Waals surface area (Å²) < 4.78 is 0. The number of benzene rings is 1. The van der Waals surface area contributed by atoms with Crippen molar-refractivity contribution < 1.29 is 4.79 Å². The molecule has 1 aromatic carbocycles. The van der Waals surface area contributed by atoms with Crippen LogP contribution in [-0.2, 0) is 4.79 Å². The van der Waals surface area contributed by atoms with Crippen LogP contribution in [0.4, 0.5) is 0 Å². The van der Waals surface area contributed by atoms with E-state index < -0.39 is 5.54 Å². The number of carbonyl (C=O) groups is 1. The van der Waals surface area contributed by atoms with Crippen molar-refractivity contribution in [2.24, 2.45) is 5.73 Å². The van der Waals surface area contributed by atoms with Crippen LogP contribution >= 0.6 is 23.2 Å². The van der Waals surface area contributed by atoms with Crippen molar-refractivity contribution >= 4 is 29.1 Å². The summed E-state index contributed by atoms with van der Waals surface area (Å²) in [6, 6.07) is 5.19. The second kappa shape index (κ2) is 4.48. The Kier molecular flexibility index (Phi) is 3.34. The minimum atomic E-state index is -0.648. The van der Waals surface area contributed by atoms with Crippen molar-refractivity contribution in [1.29, 1.82) is 0 Å². The Balaban J connectivity index is 2.06. The number of halogens is 2. The number of hydrogen-bond donors (Lipinski definition) is 2. The van der Waals surface area contributed by atoms with Crippen LogP contribution < -0.4 is 11.1 Å². The molecule has 3 N–H and O–H groups in total. The lowest BCUT2D eigenvalue weighted by atomic mass is 10.1. The molecule has 0 heterocycles. The van der Waals surface area contributed by atoms with E-state index >= 15 is 0 Å². The van der Waals surface area contributed by atoms with Gasteiger partial charge in [0.05, 0.1) is 21.6 Å².